The minimum atomic E-state index is -0.654. The first kappa shape index (κ1) is 12.3. The lowest BCUT2D eigenvalue weighted by molar-refractivity contribution is -0.0949. The van der Waals surface area contributed by atoms with Crippen molar-refractivity contribution < 1.29 is 9.84 Å². The zero-order valence-electron chi connectivity index (χ0n) is 10.2. The van der Waals surface area contributed by atoms with Gasteiger partial charge in [-0.05, 0) is 12.8 Å². The SMILES string of the molecule is NCC1(C2(O)CCOC2)CCCCCCC1. The zero-order valence-corrected chi connectivity index (χ0v) is 10.2. The molecule has 3 heteroatoms. The monoisotopic (exact) mass is 227 g/mol. The van der Waals surface area contributed by atoms with E-state index in [1.165, 1.54) is 32.1 Å². The first-order valence-corrected chi connectivity index (χ1v) is 6.73. The summed E-state index contributed by atoms with van der Waals surface area (Å²) >= 11 is 0. The molecule has 0 amide bonds. The number of rotatable bonds is 2. The Hall–Kier alpha value is -0.120. The van der Waals surface area contributed by atoms with Crippen LogP contribution in [-0.2, 0) is 4.74 Å². The molecule has 1 atom stereocenters. The standard InChI is InChI=1S/C13H25NO2/c14-10-12(13(15)8-9-16-11-13)6-4-2-1-3-5-7-12/h15H,1-11,14H2. The van der Waals surface area contributed by atoms with Gasteiger partial charge < -0.3 is 15.6 Å². The second-order valence-electron chi connectivity index (χ2n) is 5.59. The van der Waals surface area contributed by atoms with E-state index in [1.54, 1.807) is 0 Å². The summed E-state index contributed by atoms with van der Waals surface area (Å²) in [6, 6.07) is 0. The normalized spacial score (nSPS) is 35.6. The van der Waals surface area contributed by atoms with Crippen molar-refractivity contribution in [3.05, 3.63) is 0 Å². The van der Waals surface area contributed by atoms with Gasteiger partial charge in [0.2, 0.25) is 0 Å². The Morgan fingerprint density at radius 3 is 2.12 bits per heavy atom. The molecule has 2 aliphatic rings. The van der Waals surface area contributed by atoms with Crippen LogP contribution in [0.3, 0.4) is 0 Å². The van der Waals surface area contributed by atoms with E-state index in [1.807, 2.05) is 0 Å². The molecule has 3 nitrogen and oxygen atoms in total. The molecule has 0 aromatic rings. The molecule has 2 rings (SSSR count). The molecule has 94 valence electrons. The highest BCUT2D eigenvalue weighted by molar-refractivity contribution is 5.02. The highest BCUT2D eigenvalue weighted by atomic mass is 16.5. The van der Waals surface area contributed by atoms with Gasteiger partial charge in [0.05, 0.1) is 12.2 Å². The van der Waals surface area contributed by atoms with Crippen LogP contribution in [0.5, 0.6) is 0 Å². The van der Waals surface area contributed by atoms with Crippen LogP contribution in [0.4, 0.5) is 0 Å². The maximum atomic E-state index is 10.8. The van der Waals surface area contributed by atoms with Crippen molar-refractivity contribution in [2.45, 2.75) is 57.0 Å². The van der Waals surface area contributed by atoms with Crippen molar-refractivity contribution in [3.63, 3.8) is 0 Å². The summed E-state index contributed by atoms with van der Waals surface area (Å²) in [6.45, 7) is 1.79. The van der Waals surface area contributed by atoms with Gasteiger partial charge in [-0.1, -0.05) is 32.1 Å². The molecule has 0 bridgehead atoms. The Balaban J connectivity index is 2.14. The zero-order chi connectivity index (χ0) is 11.5. The predicted molar refractivity (Wildman–Crippen MR) is 64.2 cm³/mol. The molecule has 16 heavy (non-hydrogen) atoms. The molecule has 3 N–H and O–H groups in total. The van der Waals surface area contributed by atoms with Gasteiger partial charge in [-0.2, -0.15) is 0 Å². The van der Waals surface area contributed by atoms with E-state index in [9.17, 15) is 5.11 Å². The molecule has 1 saturated heterocycles. The third-order valence-corrected chi connectivity index (χ3v) is 4.69. The van der Waals surface area contributed by atoms with Crippen LogP contribution in [0.15, 0.2) is 0 Å². The van der Waals surface area contributed by atoms with Gasteiger partial charge in [0, 0.05) is 25.0 Å². The summed E-state index contributed by atoms with van der Waals surface area (Å²) in [4.78, 5) is 0. The molecular formula is C13H25NO2. The van der Waals surface area contributed by atoms with Crippen molar-refractivity contribution in [2.75, 3.05) is 19.8 Å². The second-order valence-corrected chi connectivity index (χ2v) is 5.59. The van der Waals surface area contributed by atoms with E-state index < -0.39 is 5.60 Å². The highest BCUT2D eigenvalue weighted by Gasteiger charge is 2.50. The fourth-order valence-corrected chi connectivity index (χ4v) is 3.41. The van der Waals surface area contributed by atoms with E-state index in [-0.39, 0.29) is 5.41 Å². The first-order valence-electron chi connectivity index (χ1n) is 6.73. The molecule has 0 aromatic heterocycles. The maximum absolute atomic E-state index is 10.8. The Labute approximate surface area is 98.4 Å². The fraction of sp³-hybridized carbons (Fsp3) is 1.00. The second kappa shape index (κ2) is 5.03. The Bertz CT molecular complexity index is 216. The number of hydrogen-bond donors (Lipinski definition) is 2. The smallest absolute Gasteiger partial charge is 0.0969 e. The predicted octanol–water partition coefficient (Wildman–Crippen LogP) is 1.83. The average molecular weight is 227 g/mol. The van der Waals surface area contributed by atoms with Crippen molar-refractivity contribution in [3.8, 4) is 0 Å². The number of nitrogens with two attached hydrogens (primary N) is 1. The van der Waals surface area contributed by atoms with Gasteiger partial charge in [0.15, 0.2) is 0 Å². The Morgan fingerprint density at radius 2 is 1.62 bits per heavy atom. The van der Waals surface area contributed by atoms with Gasteiger partial charge in [-0.25, -0.2) is 0 Å². The van der Waals surface area contributed by atoms with Crippen LogP contribution < -0.4 is 5.73 Å². The summed E-state index contributed by atoms with van der Waals surface area (Å²) in [7, 11) is 0. The lowest BCUT2D eigenvalue weighted by Gasteiger charge is -2.45. The minimum absolute atomic E-state index is 0.0794. The first-order chi connectivity index (χ1) is 7.72. The number of aliphatic hydroxyl groups is 1. The molecule has 1 heterocycles. The summed E-state index contributed by atoms with van der Waals surface area (Å²) in [5.74, 6) is 0. The van der Waals surface area contributed by atoms with E-state index >= 15 is 0 Å². The summed E-state index contributed by atoms with van der Waals surface area (Å²) < 4.78 is 5.41. The van der Waals surface area contributed by atoms with Crippen molar-refractivity contribution in [1.29, 1.82) is 0 Å². The van der Waals surface area contributed by atoms with E-state index in [0.717, 1.165) is 19.3 Å². The quantitative estimate of drug-likeness (QED) is 0.756. The molecule has 1 saturated carbocycles. The number of hydrogen-bond acceptors (Lipinski definition) is 3. The van der Waals surface area contributed by atoms with Crippen LogP contribution in [0, 0.1) is 5.41 Å². The van der Waals surface area contributed by atoms with Gasteiger partial charge in [-0.15, -0.1) is 0 Å². The van der Waals surface area contributed by atoms with Crippen LogP contribution in [-0.4, -0.2) is 30.5 Å². The summed E-state index contributed by atoms with van der Waals surface area (Å²) in [6.07, 6.45) is 9.25. The lowest BCUT2D eigenvalue weighted by atomic mass is 9.64. The largest absolute Gasteiger partial charge is 0.387 e. The summed E-state index contributed by atoms with van der Waals surface area (Å²) in [5.41, 5.74) is 5.28. The van der Waals surface area contributed by atoms with Crippen molar-refractivity contribution in [2.24, 2.45) is 11.1 Å². The molecule has 1 aliphatic carbocycles. The number of ether oxygens (including phenoxy) is 1. The molecule has 0 spiro atoms. The van der Waals surface area contributed by atoms with Crippen LogP contribution in [0.25, 0.3) is 0 Å². The minimum Gasteiger partial charge on any atom is -0.387 e. The third kappa shape index (κ3) is 2.13. The fourth-order valence-electron chi connectivity index (χ4n) is 3.41. The van der Waals surface area contributed by atoms with Crippen molar-refractivity contribution in [1.82, 2.24) is 0 Å². The Kier molecular flexibility index (Phi) is 3.88. The van der Waals surface area contributed by atoms with Gasteiger partial charge in [0.25, 0.3) is 0 Å². The van der Waals surface area contributed by atoms with Gasteiger partial charge >= 0.3 is 0 Å². The molecule has 1 unspecified atom stereocenters. The average Bonchev–Trinajstić information content (AvgIpc) is 2.67. The molecule has 0 radical (unpaired) electrons. The van der Waals surface area contributed by atoms with Crippen LogP contribution >= 0.6 is 0 Å². The van der Waals surface area contributed by atoms with E-state index in [4.69, 9.17) is 10.5 Å². The van der Waals surface area contributed by atoms with Crippen LogP contribution in [0.2, 0.25) is 0 Å². The van der Waals surface area contributed by atoms with E-state index in [2.05, 4.69) is 0 Å². The molecule has 2 fully saturated rings. The van der Waals surface area contributed by atoms with Crippen molar-refractivity contribution >= 4 is 0 Å². The Morgan fingerprint density at radius 1 is 1.00 bits per heavy atom. The summed E-state index contributed by atoms with van der Waals surface area (Å²) in [5, 5.41) is 10.8. The topological polar surface area (TPSA) is 55.5 Å². The van der Waals surface area contributed by atoms with Gasteiger partial charge in [-0.3, -0.25) is 0 Å². The lowest BCUT2D eigenvalue weighted by Crippen LogP contribution is -2.53. The van der Waals surface area contributed by atoms with E-state index in [0.29, 0.717) is 19.8 Å². The molecular weight excluding hydrogens is 202 g/mol. The highest BCUT2D eigenvalue weighted by Crippen LogP contribution is 2.46. The molecule has 0 aromatic carbocycles. The molecule has 1 aliphatic heterocycles. The van der Waals surface area contributed by atoms with Crippen LogP contribution in [0.1, 0.15) is 51.4 Å². The third-order valence-electron chi connectivity index (χ3n) is 4.69. The van der Waals surface area contributed by atoms with Gasteiger partial charge in [0.1, 0.15) is 0 Å². The maximum Gasteiger partial charge on any atom is 0.0969 e.